The van der Waals surface area contributed by atoms with E-state index in [2.05, 4.69) is 20.4 Å². The van der Waals surface area contributed by atoms with E-state index >= 15 is 0 Å². The molecule has 3 heterocycles. The molecular weight excluding hydrogens is 410 g/mol. The molecular formula is C23H21N5O4. The first-order valence-corrected chi connectivity index (χ1v) is 10.3. The molecule has 0 unspecified atom stereocenters. The molecule has 0 amide bonds. The molecule has 0 aliphatic heterocycles. The van der Waals surface area contributed by atoms with Crippen LogP contribution in [0.1, 0.15) is 24.1 Å². The summed E-state index contributed by atoms with van der Waals surface area (Å²) in [5.41, 5.74) is 4.54. The number of nitrogens with one attached hydrogen (secondary N) is 1. The smallest absolute Gasteiger partial charge is 0.375 e. The maximum atomic E-state index is 13.1. The first-order valence-electron chi connectivity index (χ1n) is 10.3. The van der Waals surface area contributed by atoms with Crippen LogP contribution >= 0.6 is 0 Å². The number of pyridine rings is 2. The fourth-order valence-electron chi connectivity index (χ4n) is 3.57. The van der Waals surface area contributed by atoms with Crippen LogP contribution in [0.2, 0.25) is 0 Å². The van der Waals surface area contributed by atoms with E-state index in [1.54, 1.807) is 17.8 Å². The van der Waals surface area contributed by atoms with Gasteiger partial charge in [-0.2, -0.15) is 0 Å². The van der Waals surface area contributed by atoms with Gasteiger partial charge in [-0.15, -0.1) is 4.98 Å². The molecule has 4 aromatic rings. The molecule has 1 aliphatic carbocycles. The monoisotopic (exact) mass is 431 g/mol. The normalized spacial score (nSPS) is 13.3. The lowest BCUT2D eigenvalue weighted by atomic mass is 9.99. The summed E-state index contributed by atoms with van der Waals surface area (Å²) in [7, 11) is 1.76. The van der Waals surface area contributed by atoms with Gasteiger partial charge in [0.05, 0.1) is 11.4 Å². The number of aryl methyl sites for hydroxylation is 3. The van der Waals surface area contributed by atoms with E-state index in [1.165, 1.54) is 0 Å². The van der Waals surface area contributed by atoms with Crippen molar-refractivity contribution in [1.82, 2.24) is 19.7 Å². The van der Waals surface area contributed by atoms with Crippen LogP contribution in [-0.4, -0.2) is 25.7 Å². The number of carbonyl (C=O) groups excluding carboxylic acids is 1. The average molecular weight is 431 g/mol. The molecule has 5 rings (SSSR count). The third-order valence-corrected chi connectivity index (χ3v) is 5.53. The molecule has 9 nitrogen and oxygen atoms in total. The second-order valence-corrected chi connectivity index (χ2v) is 8.04. The Labute approximate surface area is 183 Å². The highest BCUT2D eigenvalue weighted by Crippen LogP contribution is 2.31. The predicted molar refractivity (Wildman–Crippen MR) is 118 cm³/mol. The van der Waals surface area contributed by atoms with Gasteiger partial charge in [0.1, 0.15) is 0 Å². The SMILES string of the molecule is Cc1cc2c(cn1)cc(-c1cc(Nc3noc(OC(=O)C4CC4)n3)ccc1C)c(=O)n2C. The number of benzene rings is 1. The van der Waals surface area contributed by atoms with Gasteiger partial charge in [-0.3, -0.25) is 19.1 Å². The zero-order valence-electron chi connectivity index (χ0n) is 17.9. The van der Waals surface area contributed by atoms with Gasteiger partial charge < -0.3 is 14.6 Å². The summed E-state index contributed by atoms with van der Waals surface area (Å²) in [4.78, 5) is 33.3. The van der Waals surface area contributed by atoms with Crippen LogP contribution < -0.4 is 15.6 Å². The highest BCUT2D eigenvalue weighted by Gasteiger charge is 2.32. The molecule has 3 aromatic heterocycles. The molecule has 0 atom stereocenters. The van der Waals surface area contributed by atoms with E-state index in [-0.39, 0.29) is 29.5 Å². The molecule has 32 heavy (non-hydrogen) atoms. The lowest BCUT2D eigenvalue weighted by molar-refractivity contribution is -0.137. The zero-order valence-corrected chi connectivity index (χ0v) is 17.9. The number of nitrogens with zero attached hydrogens (tertiary/aromatic N) is 4. The number of ether oxygens (including phenoxy) is 1. The fourth-order valence-corrected chi connectivity index (χ4v) is 3.57. The molecule has 0 spiro atoms. The summed E-state index contributed by atoms with van der Waals surface area (Å²) in [5, 5.41) is 7.71. The highest BCUT2D eigenvalue weighted by molar-refractivity contribution is 5.85. The summed E-state index contributed by atoms with van der Waals surface area (Å²) in [6.07, 6.45) is 3.24. The number of hydrogen-bond acceptors (Lipinski definition) is 8. The van der Waals surface area contributed by atoms with Gasteiger partial charge in [-0.1, -0.05) is 6.07 Å². The third kappa shape index (κ3) is 3.73. The summed E-state index contributed by atoms with van der Waals surface area (Å²) < 4.78 is 11.7. The van der Waals surface area contributed by atoms with Crippen molar-refractivity contribution in [3.8, 4) is 17.2 Å². The van der Waals surface area contributed by atoms with Crippen molar-refractivity contribution >= 4 is 28.5 Å². The Balaban J connectivity index is 1.46. The third-order valence-electron chi connectivity index (χ3n) is 5.53. The van der Waals surface area contributed by atoms with Gasteiger partial charge in [0.25, 0.3) is 11.5 Å². The van der Waals surface area contributed by atoms with Crippen LogP contribution in [-0.2, 0) is 11.8 Å². The van der Waals surface area contributed by atoms with Crippen LogP contribution in [0, 0.1) is 19.8 Å². The predicted octanol–water partition coefficient (Wildman–Crippen LogP) is 3.66. The van der Waals surface area contributed by atoms with E-state index in [0.29, 0.717) is 11.3 Å². The Morgan fingerprint density at radius 3 is 2.78 bits per heavy atom. The minimum absolute atomic E-state index is 0.0679. The summed E-state index contributed by atoms with van der Waals surface area (Å²) >= 11 is 0. The van der Waals surface area contributed by atoms with E-state index in [9.17, 15) is 9.59 Å². The molecule has 1 fully saturated rings. The summed E-state index contributed by atoms with van der Waals surface area (Å²) in [6, 6.07) is 9.37. The van der Waals surface area contributed by atoms with Gasteiger partial charge in [-0.05, 0) is 67.2 Å². The number of anilines is 2. The van der Waals surface area contributed by atoms with E-state index in [4.69, 9.17) is 9.26 Å². The van der Waals surface area contributed by atoms with E-state index in [0.717, 1.165) is 40.6 Å². The number of carbonyl (C=O) groups is 1. The van der Waals surface area contributed by atoms with Crippen molar-refractivity contribution in [2.75, 3.05) is 5.32 Å². The molecule has 1 N–H and O–H groups in total. The topological polar surface area (TPSA) is 112 Å². The van der Waals surface area contributed by atoms with Gasteiger partial charge in [0.15, 0.2) is 0 Å². The maximum Gasteiger partial charge on any atom is 0.426 e. The van der Waals surface area contributed by atoms with Gasteiger partial charge in [-0.25, -0.2) is 0 Å². The van der Waals surface area contributed by atoms with Crippen LogP contribution in [0.25, 0.3) is 22.0 Å². The Morgan fingerprint density at radius 1 is 1.19 bits per heavy atom. The van der Waals surface area contributed by atoms with Gasteiger partial charge >= 0.3 is 12.0 Å². The van der Waals surface area contributed by atoms with Crippen molar-refractivity contribution in [2.24, 2.45) is 13.0 Å². The quantitative estimate of drug-likeness (QED) is 0.477. The number of esters is 1. The first kappa shape index (κ1) is 19.9. The molecule has 0 bridgehead atoms. The molecule has 0 saturated heterocycles. The Hall–Kier alpha value is -4.01. The maximum absolute atomic E-state index is 13.1. The molecule has 0 radical (unpaired) electrons. The van der Waals surface area contributed by atoms with Crippen molar-refractivity contribution in [1.29, 1.82) is 0 Å². The van der Waals surface area contributed by atoms with Crippen LogP contribution in [0.4, 0.5) is 11.6 Å². The standard InChI is InChI=1S/C23H21N5O4/c1-12-4-7-16(25-22-26-23(32-27-22)31-21(30)14-5-6-14)10-17(12)18-9-15-11-24-13(2)8-19(15)28(3)20(18)29/h4,7-11,14H,5-6H2,1-3H3,(H,25,27). The lowest BCUT2D eigenvalue weighted by Crippen LogP contribution is -2.19. The lowest BCUT2D eigenvalue weighted by Gasteiger charge is -2.12. The Morgan fingerprint density at radius 2 is 2.00 bits per heavy atom. The minimum atomic E-state index is -0.352. The average Bonchev–Trinajstić information content (AvgIpc) is 3.54. The second-order valence-electron chi connectivity index (χ2n) is 8.04. The number of rotatable bonds is 5. The van der Waals surface area contributed by atoms with Crippen molar-refractivity contribution in [2.45, 2.75) is 26.7 Å². The van der Waals surface area contributed by atoms with Gasteiger partial charge in [0, 0.05) is 35.6 Å². The largest absolute Gasteiger partial charge is 0.426 e. The molecule has 9 heteroatoms. The second kappa shape index (κ2) is 7.60. The number of hydrogen-bond donors (Lipinski definition) is 1. The fraction of sp³-hybridized carbons (Fsp3) is 0.261. The molecule has 1 saturated carbocycles. The molecule has 1 aromatic carbocycles. The van der Waals surface area contributed by atoms with Crippen molar-refractivity contribution in [3.05, 3.63) is 58.1 Å². The van der Waals surface area contributed by atoms with E-state index < -0.39 is 0 Å². The highest BCUT2D eigenvalue weighted by atomic mass is 16.7. The molecule has 162 valence electrons. The Kier molecular flexibility index (Phi) is 4.73. The summed E-state index contributed by atoms with van der Waals surface area (Å²) in [6.45, 7) is 3.84. The number of fused-ring (bicyclic) bond motifs is 1. The first-order chi connectivity index (χ1) is 15.4. The Bertz CT molecular complexity index is 1420. The van der Waals surface area contributed by atoms with Crippen molar-refractivity contribution < 1.29 is 14.1 Å². The van der Waals surface area contributed by atoms with Crippen LogP contribution in [0.5, 0.6) is 6.08 Å². The van der Waals surface area contributed by atoms with Crippen molar-refractivity contribution in [3.63, 3.8) is 0 Å². The van der Waals surface area contributed by atoms with Crippen LogP contribution in [0.15, 0.2) is 45.8 Å². The van der Waals surface area contributed by atoms with Crippen LogP contribution in [0.3, 0.4) is 0 Å². The van der Waals surface area contributed by atoms with E-state index in [1.807, 2.05) is 44.2 Å². The molecule has 1 aliphatic rings. The minimum Gasteiger partial charge on any atom is -0.375 e. The number of aromatic nitrogens is 4. The summed E-state index contributed by atoms with van der Waals surface area (Å²) in [5.74, 6) is -0.263. The zero-order chi connectivity index (χ0) is 22.4. The van der Waals surface area contributed by atoms with Gasteiger partial charge in [0.2, 0.25) is 0 Å².